The highest BCUT2D eigenvalue weighted by atomic mass is 16.3. The van der Waals surface area contributed by atoms with E-state index in [1.54, 1.807) is 0 Å². The number of hydrogen-bond donors (Lipinski definition) is 1. The van der Waals surface area contributed by atoms with Gasteiger partial charge in [-0.15, -0.1) is 0 Å². The minimum Gasteiger partial charge on any atom is -0.393 e. The van der Waals surface area contributed by atoms with E-state index in [2.05, 4.69) is 49.3 Å². The van der Waals surface area contributed by atoms with Crippen molar-refractivity contribution in [2.45, 2.75) is 52.7 Å². The van der Waals surface area contributed by atoms with E-state index < -0.39 is 0 Å². The molecule has 0 saturated carbocycles. The SMILES string of the molecule is CCn1nc(C)cc1CC(O)CCc1ccccc1C. The fraction of sp³-hybridized carbons (Fsp3) is 0.471. The maximum absolute atomic E-state index is 10.2. The number of nitrogens with zero attached hydrogens (tertiary/aromatic N) is 2. The van der Waals surface area contributed by atoms with Crippen molar-refractivity contribution in [3.63, 3.8) is 0 Å². The van der Waals surface area contributed by atoms with Crippen LogP contribution in [0.15, 0.2) is 30.3 Å². The first kappa shape index (κ1) is 14.8. The second kappa shape index (κ2) is 6.71. The van der Waals surface area contributed by atoms with Crippen LogP contribution in [0.2, 0.25) is 0 Å². The average molecular weight is 272 g/mol. The van der Waals surface area contributed by atoms with Gasteiger partial charge in [-0.2, -0.15) is 5.10 Å². The molecule has 108 valence electrons. The maximum atomic E-state index is 10.2. The van der Waals surface area contributed by atoms with Crippen molar-refractivity contribution in [3.8, 4) is 0 Å². The summed E-state index contributed by atoms with van der Waals surface area (Å²) < 4.78 is 1.98. The van der Waals surface area contributed by atoms with E-state index in [1.807, 2.05) is 11.6 Å². The van der Waals surface area contributed by atoms with Gasteiger partial charge in [0.2, 0.25) is 0 Å². The Morgan fingerprint density at radius 1 is 1.25 bits per heavy atom. The second-order valence-electron chi connectivity index (χ2n) is 5.42. The van der Waals surface area contributed by atoms with Crippen LogP contribution in [0.5, 0.6) is 0 Å². The Bertz CT molecular complexity index is 560. The van der Waals surface area contributed by atoms with Crippen molar-refractivity contribution in [1.82, 2.24) is 9.78 Å². The topological polar surface area (TPSA) is 38.0 Å². The molecule has 0 aliphatic heterocycles. The molecule has 1 unspecified atom stereocenters. The molecule has 3 heteroatoms. The zero-order valence-electron chi connectivity index (χ0n) is 12.6. The van der Waals surface area contributed by atoms with Crippen molar-refractivity contribution in [2.24, 2.45) is 0 Å². The Morgan fingerprint density at radius 3 is 2.70 bits per heavy atom. The molecule has 2 rings (SSSR count). The van der Waals surface area contributed by atoms with E-state index >= 15 is 0 Å². The minimum atomic E-state index is -0.309. The quantitative estimate of drug-likeness (QED) is 0.877. The Labute approximate surface area is 121 Å². The largest absolute Gasteiger partial charge is 0.393 e. The fourth-order valence-electron chi connectivity index (χ4n) is 2.59. The van der Waals surface area contributed by atoms with Gasteiger partial charge in [0.05, 0.1) is 11.8 Å². The lowest BCUT2D eigenvalue weighted by molar-refractivity contribution is 0.162. The van der Waals surface area contributed by atoms with Gasteiger partial charge in [0, 0.05) is 18.7 Å². The minimum absolute atomic E-state index is 0.309. The summed E-state index contributed by atoms with van der Waals surface area (Å²) in [7, 11) is 0. The number of aliphatic hydroxyl groups excluding tert-OH is 1. The van der Waals surface area contributed by atoms with Crippen LogP contribution in [0.25, 0.3) is 0 Å². The molecule has 1 atom stereocenters. The number of aryl methyl sites for hydroxylation is 4. The van der Waals surface area contributed by atoms with Crippen LogP contribution in [0.4, 0.5) is 0 Å². The van der Waals surface area contributed by atoms with E-state index in [0.717, 1.165) is 30.8 Å². The molecule has 2 aromatic rings. The molecule has 0 aliphatic rings. The van der Waals surface area contributed by atoms with Crippen LogP contribution in [0.1, 0.15) is 35.9 Å². The standard InChI is InChI=1S/C17H24N2O/c1-4-19-16(11-14(3)18-19)12-17(20)10-9-15-8-6-5-7-13(15)2/h5-8,11,17,20H,4,9-10,12H2,1-3H3. The molecular weight excluding hydrogens is 248 g/mol. The van der Waals surface area contributed by atoms with Gasteiger partial charge >= 0.3 is 0 Å². The van der Waals surface area contributed by atoms with Gasteiger partial charge in [0.1, 0.15) is 0 Å². The highest BCUT2D eigenvalue weighted by molar-refractivity contribution is 5.25. The smallest absolute Gasteiger partial charge is 0.0598 e. The molecule has 0 fully saturated rings. The first-order valence-corrected chi connectivity index (χ1v) is 7.36. The first-order chi connectivity index (χ1) is 9.60. The molecule has 0 saturated heterocycles. The van der Waals surface area contributed by atoms with E-state index in [1.165, 1.54) is 11.1 Å². The van der Waals surface area contributed by atoms with E-state index in [9.17, 15) is 5.11 Å². The summed E-state index contributed by atoms with van der Waals surface area (Å²) in [4.78, 5) is 0. The summed E-state index contributed by atoms with van der Waals surface area (Å²) in [5.41, 5.74) is 4.77. The van der Waals surface area contributed by atoms with Gasteiger partial charge < -0.3 is 5.11 Å². The molecule has 0 bridgehead atoms. The lowest BCUT2D eigenvalue weighted by Gasteiger charge is -2.12. The van der Waals surface area contributed by atoms with Crippen LogP contribution >= 0.6 is 0 Å². The highest BCUT2D eigenvalue weighted by Gasteiger charge is 2.11. The van der Waals surface area contributed by atoms with E-state index in [4.69, 9.17) is 0 Å². The van der Waals surface area contributed by atoms with Gasteiger partial charge in [-0.25, -0.2) is 0 Å². The second-order valence-corrected chi connectivity index (χ2v) is 5.42. The van der Waals surface area contributed by atoms with Gasteiger partial charge in [0.25, 0.3) is 0 Å². The summed E-state index contributed by atoms with van der Waals surface area (Å²) in [6, 6.07) is 10.4. The zero-order valence-corrected chi connectivity index (χ0v) is 12.6. The normalized spacial score (nSPS) is 12.6. The average Bonchev–Trinajstić information content (AvgIpc) is 2.78. The number of benzene rings is 1. The van der Waals surface area contributed by atoms with Gasteiger partial charge in [0.15, 0.2) is 0 Å². The van der Waals surface area contributed by atoms with Crippen molar-refractivity contribution in [1.29, 1.82) is 0 Å². The molecule has 3 nitrogen and oxygen atoms in total. The zero-order chi connectivity index (χ0) is 14.5. The van der Waals surface area contributed by atoms with Crippen LogP contribution in [-0.4, -0.2) is 21.0 Å². The lowest BCUT2D eigenvalue weighted by atomic mass is 10.0. The molecule has 0 radical (unpaired) electrons. The number of hydrogen-bond acceptors (Lipinski definition) is 2. The molecule has 1 aromatic heterocycles. The van der Waals surface area contributed by atoms with Crippen LogP contribution in [0, 0.1) is 13.8 Å². The Kier molecular flexibility index (Phi) is 4.96. The summed E-state index contributed by atoms with van der Waals surface area (Å²) in [5.74, 6) is 0. The van der Waals surface area contributed by atoms with Crippen LogP contribution in [-0.2, 0) is 19.4 Å². The third-order valence-corrected chi connectivity index (χ3v) is 3.74. The van der Waals surface area contributed by atoms with Gasteiger partial charge in [-0.3, -0.25) is 4.68 Å². The molecule has 1 N–H and O–H groups in total. The van der Waals surface area contributed by atoms with Crippen molar-refractivity contribution in [2.75, 3.05) is 0 Å². The monoisotopic (exact) mass is 272 g/mol. The number of aromatic nitrogens is 2. The molecular formula is C17H24N2O. The molecule has 0 spiro atoms. The molecule has 0 aliphatic carbocycles. The van der Waals surface area contributed by atoms with Crippen molar-refractivity contribution < 1.29 is 5.11 Å². The highest BCUT2D eigenvalue weighted by Crippen LogP contribution is 2.14. The van der Waals surface area contributed by atoms with Crippen molar-refractivity contribution >= 4 is 0 Å². The molecule has 1 heterocycles. The summed E-state index contributed by atoms with van der Waals surface area (Å²) in [6.07, 6.45) is 2.09. The summed E-state index contributed by atoms with van der Waals surface area (Å²) in [6.45, 7) is 7.05. The first-order valence-electron chi connectivity index (χ1n) is 7.36. The van der Waals surface area contributed by atoms with Crippen molar-refractivity contribution in [3.05, 3.63) is 52.8 Å². The predicted octanol–water partition coefficient (Wildman–Crippen LogP) is 3.06. The van der Waals surface area contributed by atoms with Crippen LogP contribution in [0.3, 0.4) is 0 Å². The number of rotatable bonds is 6. The number of aliphatic hydroxyl groups is 1. The molecule has 20 heavy (non-hydrogen) atoms. The van der Waals surface area contributed by atoms with E-state index in [-0.39, 0.29) is 6.10 Å². The maximum Gasteiger partial charge on any atom is 0.0598 e. The Balaban J connectivity index is 1.92. The van der Waals surface area contributed by atoms with Gasteiger partial charge in [-0.05, 0) is 50.8 Å². The Morgan fingerprint density at radius 2 is 2.00 bits per heavy atom. The van der Waals surface area contributed by atoms with E-state index in [0.29, 0.717) is 6.42 Å². The lowest BCUT2D eigenvalue weighted by Crippen LogP contribution is -2.15. The third kappa shape index (κ3) is 3.70. The van der Waals surface area contributed by atoms with Crippen LogP contribution < -0.4 is 0 Å². The molecule has 0 amide bonds. The van der Waals surface area contributed by atoms with Gasteiger partial charge in [-0.1, -0.05) is 24.3 Å². The predicted molar refractivity (Wildman–Crippen MR) is 81.8 cm³/mol. The summed E-state index contributed by atoms with van der Waals surface area (Å²) >= 11 is 0. The molecule has 1 aromatic carbocycles. The summed E-state index contributed by atoms with van der Waals surface area (Å²) in [5, 5.41) is 14.7. The third-order valence-electron chi connectivity index (χ3n) is 3.74. The Hall–Kier alpha value is -1.61. The fourth-order valence-corrected chi connectivity index (χ4v) is 2.59.